The highest BCUT2D eigenvalue weighted by atomic mass is 15.1. The molecule has 0 amide bonds. The number of nitrogens with zero attached hydrogens (tertiary/aromatic N) is 2. The molecule has 1 atom stereocenters. The van der Waals surface area contributed by atoms with Gasteiger partial charge in [-0.2, -0.15) is 4.98 Å². The maximum atomic E-state index is 4.50. The van der Waals surface area contributed by atoms with Gasteiger partial charge in [-0.3, -0.25) is 0 Å². The quantitative estimate of drug-likeness (QED) is 0.620. The van der Waals surface area contributed by atoms with Gasteiger partial charge in [0.25, 0.3) is 0 Å². The molecule has 0 aliphatic carbocycles. The first-order valence-corrected chi connectivity index (χ1v) is 8.14. The lowest BCUT2D eigenvalue weighted by Crippen LogP contribution is -2.15. The molecule has 2 aromatic heterocycles. The molecule has 3 rings (SSSR count). The lowest BCUT2D eigenvalue weighted by atomic mass is 10.1. The molecule has 23 heavy (non-hydrogen) atoms. The maximum Gasteiger partial charge on any atom is 0.224 e. The van der Waals surface area contributed by atoms with Crippen molar-refractivity contribution in [2.45, 2.75) is 32.7 Å². The molecule has 0 saturated carbocycles. The zero-order chi connectivity index (χ0) is 16.1. The van der Waals surface area contributed by atoms with Gasteiger partial charge in [0.05, 0.1) is 0 Å². The SMILES string of the molecule is CCC(C)Nc1ccnc(NCCc2c[nH]c3ccccc23)n1. The van der Waals surface area contributed by atoms with Gasteiger partial charge >= 0.3 is 0 Å². The summed E-state index contributed by atoms with van der Waals surface area (Å²) in [4.78, 5) is 12.1. The van der Waals surface area contributed by atoms with Gasteiger partial charge in [0.2, 0.25) is 5.95 Å². The number of benzene rings is 1. The second-order valence-electron chi connectivity index (χ2n) is 5.76. The number of anilines is 2. The topological polar surface area (TPSA) is 65.6 Å². The van der Waals surface area contributed by atoms with E-state index in [-0.39, 0.29) is 0 Å². The lowest BCUT2D eigenvalue weighted by Gasteiger charge is -2.12. The monoisotopic (exact) mass is 309 g/mol. The van der Waals surface area contributed by atoms with Crippen LogP contribution in [0.4, 0.5) is 11.8 Å². The van der Waals surface area contributed by atoms with E-state index in [0.717, 1.165) is 25.2 Å². The molecule has 0 bridgehead atoms. The summed E-state index contributed by atoms with van der Waals surface area (Å²) in [5.41, 5.74) is 2.49. The van der Waals surface area contributed by atoms with Crippen molar-refractivity contribution in [3.05, 3.63) is 48.3 Å². The number of para-hydroxylation sites is 1. The Bertz CT molecular complexity index is 765. The number of aromatic nitrogens is 3. The summed E-state index contributed by atoms with van der Waals surface area (Å²) >= 11 is 0. The van der Waals surface area contributed by atoms with Crippen molar-refractivity contribution in [2.75, 3.05) is 17.2 Å². The molecule has 2 heterocycles. The third kappa shape index (κ3) is 3.80. The van der Waals surface area contributed by atoms with Crippen LogP contribution in [0, 0.1) is 0 Å². The van der Waals surface area contributed by atoms with E-state index >= 15 is 0 Å². The predicted molar refractivity (Wildman–Crippen MR) is 95.9 cm³/mol. The molecule has 0 fully saturated rings. The largest absolute Gasteiger partial charge is 0.367 e. The van der Waals surface area contributed by atoms with Crippen molar-refractivity contribution >= 4 is 22.7 Å². The molecule has 1 aromatic carbocycles. The normalized spacial score (nSPS) is 12.3. The van der Waals surface area contributed by atoms with E-state index in [1.54, 1.807) is 6.20 Å². The summed E-state index contributed by atoms with van der Waals surface area (Å²) in [5.74, 6) is 1.53. The van der Waals surface area contributed by atoms with Crippen LogP contribution in [0.25, 0.3) is 10.9 Å². The molecule has 1 unspecified atom stereocenters. The van der Waals surface area contributed by atoms with Crippen molar-refractivity contribution in [1.29, 1.82) is 0 Å². The molecule has 0 aliphatic heterocycles. The number of hydrogen-bond donors (Lipinski definition) is 3. The zero-order valence-electron chi connectivity index (χ0n) is 13.6. The third-order valence-electron chi connectivity index (χ3n) is 4.01. The number of nitrogens with one attached hydrogen (secondary N) is 3. The first kappa shape index (κ1) is 15.3. The van der Waals surface area contributed by atoms with E-state index in [1.165, 1.54) is 16.5 Å². The van der Waals surface area contributed by atoms with Gasteiger partial charge in [0, 0.05) is 35.9 Å². The minimum Gasteiger partial charge on any atom is -0.367 e. The van der Waals surface area contributed by atoms with E-state index in [2.05, 4.69) is 63.8 Å². The molecule has 120 valence electrons. The molecule has 5 heteroatoms. The lowest BCUT2D eigenvalue weighted by molar-refractivity contribution is 0.758. The summed E-state index contributed by atoms with van der Waals surface area (Å²) < 4.78 is 0. The van der Waals surface area contributed by atoms with Crippen molar-refractivity contribution in [3.8, 4) is 0 Å². The van der Waals surface area contributed by atoms with Crippen LogP contribution in [0.15, 0.2) is 42.7 Å². The van der Waals surface area contributed by atoms with Crippen molar-refractivity contribution in [1.82, 2.24) is 15.0 Å². The number of hydrogen-bond acceptors (Lipinski definition) is 4. The van der Waals surface area contributed by atoms with Crippen LogP contribution in [0.3, 0.4) is 0 Å². The van der Waals surface area contributed by atoms with Gasteiger partial charge < -0.3 is 15.6 Å². The molecule has 5 nitrogen and oxygen atoms in total. The summed E-state index contributed by atoms with van der Waals surface area (Å²) in [6.07, 6.45) is 5.85. The molecule has 0 saturated heterocycles. The second kappa shape index (κ2) is 7.13. The fourth-order valence-corrected chi connectivity index (χ4v) is 2.53. The third-order valence-corrected chi connectivity index (χ3v) is 4.01. The second-order valence-corrected chi connectivity index (χ2v) is 5.76. The summed E-state index contributed by atoms with van der Waals surface area (Å²) in [5, 5.41) is 7.95. The first-order valence-electron chi connectivity index (χ1n) is 8.14. The van der Waals surface area contributed by atoms with Crippen LogP contribution >= 0.6 is 0 Å². The maximum absolute atomic E-state index is 4.50. The molecule has 0 radical (unpaired) electrons. The summed E-state index contributed by atoms with van der Waals surface area (Å²) in [6.45, 7) is 5.10. The van der Waals surface area contributed by atoms with Crippen LogP contribution < -0.4 is 10.6 Å². The van der Waals surface area contributed by atoms with E-state index in [1.807, 2.05) is 12.1 Å². The number of aromatic amines is 1. The van der Waals surface area contributed by atoms with Gasteiger partial charge in [-0.1, -0.05) is 25.1 Å². The smallest absolute Gasteiger partial charge is 0.224 e. The van der Waals surface area contributed by atoms with Gasteiger partial charge in [-0.25, -0.2) is 4.98 Å². The van der Waals surface area contributed by atoms with E-state index in [4.69, 9.17) is 0 Å². The Balaban J connectivity index is 1.59. The highest BCUT2D eigenvalue weighted by Crippen LogP contribution is 2.18. The Morgan fingerprint density at radius 1 is 1.22 bits per heavy atom. The average Bonchev–Trinajstić information content (AvgIpc) is 2.98. The van der Waals surface area contributed by atoms with Gasteiger partial charge in [0.15, 0.2) is 0 Å². The fraction of sp³-hybridized carbons (Fsp3) is 0.333. The molecule has 3 aromatic rings. The van der Waals surface area contributed by atoms with E-state index in [0.29, 0.717) is 12.0 Å². The summed E-state index contributed by atoms with van der Waals surface area (Å²) in [7, 11) is 0. The molecular formula is C18H23N5. The van der Waals surface area contributed by atoms with Crippen molar-refractivity contribution < 1.29 is 0 Å². The van der Waals surface area contributed by atoms with Gasteiger partial charge in [-0.05, 0) is 37.5 Å². The Kier molecular flexibility index (Phi) is 4.76. The number of fused-ring (bicyclic) bond motifs is 1. The van der Waals surface area contributed by atoms with Crippen LogP contribution in [-0.2, 0) is 6.42 Å². The van der Waals surface area contributed by atoms with E-state index in [9.17, 15) is 0 Å². The molecular weight excluding hydrogens is 286 g/mol. The highest BCUT2D eigenvalue weighted by molar-refractivity contribution is 5.83. The minimum atomic E-state index is 0.406. The van der Waals surface area contributed by atoms with Gasteiger partial charge in [0.1, 0.15) is 5.82 Å². The van der Waals surface area contributed by atoms with Gasteiger partial charge in [-0.15, -0.1) is 0 Å². The fourth-order valence-electron chi connectivity index (χ4n) is 2.53. The average molecular weight is 309 g/mol. The Morgan fingerprint density at radius 3 is 2.96 bits per heavy atom. The zero-order valence-corrected chi connectivity index (χ0v) is 13.6. The van der Waals surface area contributed by atoms with Crippen LogP contribution in [0.2, 0.25) is 0 Å². The van der Waals surface area contributed by atoms with Crippen LogP contribution in [0.5, 0.6) is 0 Å². The van der Waals surface area contributed by atoms with Crippen LogP contribution in [0.1, 0.15) is 25.8 Å². The van der Waals surface area contributed by atoms with E-state index < -0.39 is 0 Å². The number of rotatable bonds is 7. The highest BCUT2D eigenvalue weighted by Gasteiger charge is 2.04. The Hall–Kier alpha value is -2.56. The molecule has 3 N–H and O–H groups in total. The first-order chi connectivity index (χ1) is 11.3. The Labute approximate surface area is 136 Å². The van der Waals surface area contributed by atoms with Crippen molar-refractivity contribution in [2.24, 2.45) is 0 Å². The molecule has 0 aliphatic rings. The standard InChI is InChI=1S/C18H23N5/c1-3-13(2)22-17-9-11-20-18(23-17)19-10-8-14-12-21-16-7-5-4-6-15(14)16/h4-7,9,11-13,21H,3,8,10H2,1-2H3,(H2,19,20,22,23). The number of H-pyrrole nitrogens is 1. The molecule has 0 spiro atoms. The van der Waals surface area contributed by atoms with Crippen LogP contribution in [-0.4, -0.2) is 27.5 Å². The Morgan fingerprint density at radius 2 is 2.09 bits per heavy atom. The predicted octanol–water partition coefficient (Wildman–Crippen LogP) is 3.82. The van der Waals surface area contributed by atoms with Crippen molar-refractivity contribution in [3.63, 3.8) is 0 Å². The minimum absolute atomic E-state index is 0.406. The summed E-state index contributed by atoms with van der Waals surface area (Å²) in [6, 6.07) is 10.7.